The van der Waals surface area contributed by atoms with Crippen LogP contribution < -0.4 is 0 Å². The lowest BCUT2D eigenvalue weighted by atomic mass is 10.0. The third kappa shape index (κ3) is 3.82. The number of hydrogen-bond acceptors (Lipinski definition) is 2. The minimum atomic E-state index is -0.230. The maximum absolute atomic E-state index is 11.8. The second kappa shape index (κ2) is 4.52. The SMILES string of the molecule is CC1CN(C(=O)COC(C)(C)C)CC1C. The van der Waals surface area contributed by atoms with Gasteiger partial charge in [-0.2, -0.15) is 0 Å². The molecule has 1 aliphatic rings. The van der Waals surface area contributed by atoms with E-state index in [-0.39, 0.29) is 18.1 Å². The van der Waals surface area contributed by atoms with Gasteiger partial charge < -0.3 is 9.64 Å². The van der Waals surface area contributed by atoms with Crippen LogP contribution in [0.3, 0.4) is 0 Å². The molecule has 1 rings (SSSR count). The largest absolute Gasteiger partial charge is 0.366 e. The molecule has 2 atom stereocenters. The fraction of sp³-hybridized carbons (Fsp3) is 0.917. The van der Waals surface area contributed by atoms with Gasteiger partial charge in [0.15, 0.2) is 0 Å². The molecular formula is C12H23NO2. The molecule has 1 amide bonds. The van der Waals surface area contributed by atoms with Crippen LogP contribution in [0.2, 0.25) is 0 Å². The second-order valence-corrected chi connectivity index (χ2v) is 5.65. The summed E-state index contributed by atoms with van der Waals surface area (Å²) < 4.78 is 5.48. The monoisotopic (exact) mass is 213 g/mol. The fourth-order valence-corrected chi connectivity index (χ4v) is 1.70. The third-order valence-electron chi connectivity index (χ3n) is 2.97. The van der Waals surface area contributed by atoms with Crippen LogP contribution in [0.4, 0.5) is 0 Å². The Labute approximate surface area is 92.8 Å². The lowest BCUT2D eigenvalue weighted by molar-refractivity contribution is -0.140. The molecule has 0 aromatic rings. The van der Waals surface area contributed by atoms with Crippen LogP contribution in [-0.4, -0.2) is 36.1 Å². The fourth-order valence-electron chi connectivity index (χ4n) is 1.70. The van der Waals surface area contributed by atoms with Crippen LogP contribution >= 0.6 is 0 Å². The Bertz CT molecular complexity index is 222. The van der Waals surface area contributed by atoms with Crippen LogP contribution in [0.15, 0.2) is 0 Å². The Morgan fingerprint density at radius 2 is 1.73 bits per heavy atom. The highest BCUT2D eigenvalue weighted by molar-refractivity contribution is 5.77. The molecule has 88 valence electrons. The van der Waals surface area contributed by atoms with Gasteiger partial charge in [0.25, 0.3) is 0 Å². The van der Waals surface area contributed by atoms with Gasteiger partial charge in [-0.3, -0.25) is 4.79 Å². The van der Waals surface area contributed by atoms with E-state index in [1.165, 1.54) is 0 Å². The predicted molar refractivity (Wildman–Crippen MR) is 60.6 cm³/mol. The molecule has 0 spiro atoms. The molecule has 1 fully saturated rings. The van der Waals surface area contributed by atoms with Crippen molar-refractivity contribution in [3.05, 3.63) is 0 Å². The van der Waals surface area contributed by atoms with Crippen LogP contribution in [-0.2, 0) is 9.53 Å². The highest BCUT2D eigenvalue weighted by Gasteiger charge is 2.29. The lowest BCUT2D eigenvalue weighted by Crippen LogP contribution is -2.35. The highest BCUT2D eigenvalue weighted by atomic mass is 16.5. The summed E-state index contributed by atoms with van der Waals surface area (Å²) >= 11 is 0. The summed E-state index contributed by atoms with van der Waals surface area (Å²) in [6.45, 7) is 12.3. The minimum Gasteiger partial charge on any atom is -0.366 e. The highest BCUT2D eigenvalue weighted by Crippen LogP contribution is 2.22. The van der Waals surface area contributed by atoms with E-state index in [1.54, 1.807) is 0 Å². The first-order valence-electron chi connectivity index (χ1n) is 5.71. The van der Waals surface area contributed by atoms with Gasteiger partial charge in [0.2, 0.25) is 5.91 Å². The zero-order valence-corrected chi connectivity index (χ0v) is 10.5. The third-order valence-corrected chi connectivity index (χ3v) is 2.97. The van der Waals surface area contributed by atoms with Crippen LogP contribution in [0.5, 0.6) is 0 Å². The van der Waals surface area contributed by atoms with Gasteiger partial charge in [-0.25, -0.2) is 0 Å². The van der Waals surface area contributed by atoms with Gasteiger partial charge in [0.05, 0.1) is 5.60 Å². The van der Waals surface area contributed by atoms with E-state index in [2.05, 4.69) is 13.8 Å². The Morgan fingerprint density at radius 3 is 2.13 bits per heavy atom. The van der Waals surface area contributed by atoms with Crippen molar-refractivity contribution in [2.45, 2.75) is 40.2 Å². The average Bonchev–Trinajstić information content (AvgIpc) is 2.42. The maximum Gasteiger partial charge on any atom is 0.248 e. The van der Waals surface area contributed by atoms with Crippen LogP contribution in [0, 0.1) is 11.8 Å². The average molecular weight is 213 g/mol. The molecule has 2 unspecified atom stereocenters. The molecule has 0 aromatic carbocycles. The molecule has 1 saturated heterocycles. The summed E-state index contributed by atoms with van der Waals surface area (Å²) in [5.74, 6) is 1.35. The molecule has 1 heterocycles. The normalized spacial score (nSPS) is 27.1. The van der Waals surface area contributed by atoms with E-state index in [9.17, 15) is 4.79 Å². The van der Waals surface area contributed by atoms with Crippen LogP contribution in [0.1, 0.15) is 34.6 Å². The van der Waals surface area contributed by atoms with E-state index in [0.29, 0.717) is 11.8 Å². The van der Waals surface area contributed by atoms with Crippen LogP contribution in [0.25, 0.3) is 0 Å². The Hall–Kier alpha value is -0.570. The van der Waals surface area contributed by atoms with Crippen molar-refractivity contribution in [2.75, 3.05) is 19.7 Å². The summed E-state index contributed by atoms with van der Waals surface area (Å²) in [7, 11) is 0. The molecule has 15 heavy (non-hydrogen) atoms. The van der Waals surface area contributed by atoms with Crippen molar-refractivity contribution in [2.24, 2.45) is 11.8 Å². The molecule has 0 radical (unpaired) electrons. The molecule has 3 heteroatoms. The number of likely N-dealkylation sites (tertiary alicyclic amines) is 1. The zero-order chi connectivity index (χ0) is 11.6. The van der Waals surface area contributed by atoms with Gasteiger partial charge >= 0.3 is 0 Å². The molecule has 0 N–H and O–H groups in total. The number of carbonyl (C=O) groups is 1. The van der Waals surface area contributed by atoms with E-state index in [1.807, 2.05) is 25.7 Å². The summed E-state index contributed by atoms with van der Waals surface area (Å²) in [5, 5.41) is 0. The molecule has 3 nitrogen and oxygen atoms in total. The number of ether oxygens (including phenoxy) is 1. The van der Waals surface area contributed by atoms with E-state index in [4.69, 9.17) is 4.74 Å². The molecule has 1 aliphatic heterocycles. The zero-order valence-electron chi connectivity index (χ0n) is 10.5. The molecule has 0 saturated carbocycles. The second-order valence-electron chi connectivity index (χ2n) is 5.65. The minimum absolute atomic E-state index is 0.126. The lowest BCUT2D eigenvalue weighted by Gasteiger charge is -2.22. The first kappa shape index (κ1) is 12.5. The number of carbonyl (C=O) groups excluding carboxylic acids is 1. The molecule has 0 aliphatic carbocycles. The maximum atomic E-state index is 11.8. The van der Waals surface area contributed by atoms with Gasteiger partial charge in [-0.15, -0.1) is 0 Å². The van der Waals surface area contributed by atoms with Crippen molar-refractivity contribution in [3.63, 3.8) is 0 Å². The van der Waals surface area contributed by atoms with E-state index < -0.39 is 0 Å². The van der Waals surface area contributed by atoms with Gasteiger partial charge in [-0.05, 0) is 32.6 Å². The predicted octanol–water partition coefficient (Wildman–Crippen LogP) is 1.92. The molecule has 0 bridgehead atoms. The van der Waals surface area contributed by atoms with Gasteiger partial charge in [0, 0.05) is 13.1 Å². The molecular weight excluding hydrogens is 190 g/mol. The Morgan fingerprint density at radius 1 is 1.27 bits per heavy atom. The summed E-state index contributed by atoms with van der Waals surface area (Å²) in [4.78, 5) is 13.7. The van der Waals surface area contributed by atoms with Crippen molar-refractivity contribution in [1.82, 2.24) is 4.90 Å². The number of amides is 1. The quantitative estimate of drug-likeness (QED) is 0.701. The van der Waals surface area contributed by atoms with Crippen molar-refractivity contribution < 1.29 is 9.53 Å². The van der Waals surface area contributed by atoms with E-state index in [0.717, 1.165) is 13.1 Å². The smallest absolute Gasteiger partial charge is 0.248 e. The first-order valence-corrected chi connectivity index (χ1v) is 5.71. The van der Waals surface area contributed by atoms with Crippen molar-refractivity contribution in [1.29, 1.82) is 0 Å². The van der Waals surface area contributed by atoms with Gasteiger partial charge in [0.1, 0.15) is 6.61 Å². The standard InChI is InChI=1S/C12H23NO2/c1-9-6-13(7-10(9)2)11(14)8-15-12(3,4)5/h9-10H,6-8H2,1-5H3. The Kier molecular flexibility index (Phi) is 3.77. The van der Waals surface area contributed by atoms with E-state index >= 15 is 0 Å². The first-order chi connectivity index (χ1) is 6.79. The molecule has 0 aromatic heterocycles. The Balaban J connectivity index is 2.36. The van der Waals surface area contributed by atoms with Gasteiger partial charge in [-0.1, -0.05) is 13.8 Å². The summed E-state index contributed by atoms with van der Waals surface area (Å²) in [6.07, 6.45) is 0. The summed E-state index contributed by atoms with van der Waals surface area (Å²) in [6, 6.07) is 0. The van der Waals surface area contributed by atoms with Crippen molar-refractivity contribution in [3.8, 4) is 0 Å². The number of nitrogens with zero attached hydrogens (tertiary/aromatic N) is 1. The summed E-state index contributed by atoms with van der Waals surface area (Å²) in [5.41, 5.74) is -0.230. The topological polar surface area (TPSA) is 29.5 Å². The van der Waals surface area contributed by atoms with Crippen molar-refractivity contribution >= 4 is 5.91 Å². The number of hydrogen-bond donors (Lipinski definition) is 0. The number of rotatable bonds is 2.